The molecule has 2 aromatic carbocycles. The molecule has 7 heteroatoms. The quantitative estimate of drug-likeness (QED) is 0.456. The van der Waals surface area contributed by atoms with Crippen molar-refractivity contribution in [2.45, 2.75) is 22.6 Å². The van der Waals surface area contributed by atoms with E-state index in [1.54, 1.807) is 30.2 Å². The van der Waals surface area contributed by atoms with Gasteiger partial charge in [-0.3, -0.25) is 4.79 Å². The van der Waals surface area contributed by atoms with E-state index in [0.717, 1.165) is 12.2 Å². The number of rotatable bonds is 7. The molecule has 4 rings (SSSR count). The van der Waals surface area contributed by atoms with Crippen LogP contribution in [0.4, 0.5) is 0 Å². The van der Waals surface area contributed by atoms with E-state index in [-0.39, 0.29) is 12.0 Å². The first-order valence-corrected chi connectivity index (χ1v) is 11.5. The Bertz CT molecular complexity index is 981. The van der Waals surface area contributed by atoms with Gasteiger partial charge < -0.3 is 10.1 Å². The number of amides is 1. The summed E-state index contributed by atoms with van der Waals surface area (Å²) in [4.78, 5) is 21.6. The van der Waals surface area contributed by atoms with E-state index in [1.807, 2.05) is 6.07 Å². The highest BCUT2D eigenvalue weighted by molar-refractivity contribution is 7.99. The number of fused-ring (bicyclic) bond motifs is 1. The summed E-state index contributed by atoms with van der Waals surface area (Å²) in [6.45, 7) is 0.488. The molecule has 1 N–H and O–H groups in total. The van der Waals surface area contributed by atoms with Gasteiger partial charge in [-0.05, 0) is 53.3 Å². The molecule has 0 bridgehead atoms. The summed E-state index contributed by atoms with van der Waals surface area (Å²) in [5.74, 6) is 1.15. The van der Waals surface area contributed by atoms with Crippen LogP contribution in [-0.4, -0.2) is 40.5 Å². The molecule has 1 atom stereocenters. The maximum Gasteiger partial charge on any atom is 0.230 e. The molecule has 1 amide bonds. The van der Waals surface area contributed by atoms with E-state index in [0.29, 0.717) is 17.5 Å². The predicted octanol–water partition coefficient (Wildman–Crippen LogP) is 4.08. The molecule has 0 aliphatic carbocycles. The van der Waals surface area contributed by atoms with Crippen LogP contribution in [0.1, 0.15) is 5.56 Å². The Morgan fingerprint density at radius 2 is 1.90 bits per heavy atom. The molecule has 0 radical (unpaired) electrons. The molecule has 148 valence electrons. The summed E-state index contributed by atoms with van der Waals surface area (Å²) in [5.41, 5.74) is 3.56. The van der Waals surface area contributed by atoms with Gasteiger partial charge in [-0.2, -0.15) is 0 Å². The lowest BCUT2D eigenvalue weighted by Gasteiger charge is -2.11. The van der Waals surface area contributed by atoms with E-state index in [2.05, 4.69) is 57.9 Å². The minimum Gasteiger partial charge on any atom is -0.488 e. The Labute approximate surface area is 178 Å². The molecule has 2 heterocycles. The van der Waals surface area contributed by atoms with Crippen LogP contribution in [0, 0.1) is 0 Å². The second kappa shape index (κ2) is 9.33. The number of benzene rings is 2. The number of thioether (sulfide) groups is 2. The van der Waals surface area contributed by atoms with Crippen LogP contribution in [0.15, 0.2) is 71.0 Å². The third-order valence-corrected chi connectivity index (χ3v) is 6.25. The molecule has 1 aliphatic heterocycles. The summed E-state index contributed by atoms with van der Waals surface area (Å²) in [7, 11) is 0. The molecule has 5 nitrogen and oxygen atoms in total. The molecular weight excluding hydrogens is 402 g/mol. The summed E-state index contributed by atoms with van der Waals surface area (Å²) in [6.07, 6.45) is 6.17. The second-order valence-corrected chi connectivity index (χ2v) is 8.44. The van der Waals surface area contributed by atoms with E-state index < -0.39 is 0 Å². The standard InChI is InChI=1S/C22H21N3O2S2/c1-28-19-6-3-15(4-7-19)16-5-8-20-17(11-16)12-18(27-20)13-25-21(26)14-29-22-23-9-2-10-24-22/h2-11,18H,12-14H2,1H3,(H,25,26)/t18-/m0/s1. The zero-order valence-electron chi connectivity index (χ0n) is 16.0. The lowest BCUT2D eigenvalue weighted by molar-refractivity contribution is -0.118. The van der Waals surface area contributed by atoms with E-state index >= 15 is 0 Å². The van der Waals surface area contributed by atoms with Crippen LogP contribution in [0.2, 0.25) is 0 Å². The number of carbonyl (C=O) groups excluding carboxylic acids is 1. The SMILES string of the molecule is CSc1ccc(-c2ccc3c(c2)C[C@@H](CNC(=O)CSc2ncccn2)O3)cc1. The van der Waals surface area contributed by atoms with Gasteiger partial charge in [0, 0.05) is 23.7 Å². The number of hydrogen-bond donors (Lipinski definition) is 1. The van der Waals surface area contributed by atoms with Crippen molar-refractivity contribution in [2.24, 2.45) is 0 Å². The fraction of sp³-hybridized carbons (Fsp3) is 0.227. The van der Waals surface area contributed by atoms with Crippen molar-refractivity contribution < 1.29 is 9.53 Å². The normalized spacial score (nSPS) is 14.9. The second-order valence-electron chi connectivity index (χ2n) is 6.62. The zero-order valence-corrected chi connectivity index (χ0v) is 17.6. The minimum absolute atomic E-state index is 0.0407. The van der Waals surface area contributed by atoms with Gasteiger partial charge in [-0.15, -0.1) is 11.8 Å². The summed E-state index contributed by atoms with van der Waals surface area (Å²) in [6, 6.07) is 16.6. The van der Waals surface area contributed by atoms with Crippen LogP contribution in [0.5, 0.6) is 5.75 Å². The van der Waals surface area contributed by atoms with Crippen molar-refractivity contribution in [3.05, 3.63) is 66.5 Å². The number of aromatic nitrogens is 2. The number of nitrogens with zero attached hydrogens (tertiary/aromatic N) is 2. The number of nitrogens with one attached hydrogen (secondary N) is 1. The fourth-order valence-corrected chi connectivity index (χ4v) is 4.21. The van der Waals surface area contributed by atoms with Gasteiger partial charge in [0.05, 0.1) is 12.3 Å². The zero-order chi connectivity index (χ0) is 20.1. The van der Waals surface area contributed by atoms with Crippen LogP contribution >= 0.6 is 23.5 Å². The maximum absolute atomic E-state index is 12.1. The number of carbonyl (C=O) groups is 1. The average molecular weight is 424 g/mol. The molecule has 1 aromatic heterocycles. The number of hydrogen-bond acceptors (Lipinski definition) is 6. The maximum atomic E-state index is 12.1. The lowest BCUT2D eigenvalue weighted by atomic mass is 10.0. The monoisotopic (exact) mass is 423 g/mol. The molecule has 0 saturated heterocycles. The molecular formula is C22H21N3O2S2. The molecule has 29 heavy (non-hydrogen) atoms. The van der Waals surface area contributed by atoms with E-state index in [1.165, 1.54) is 33.3 Å². The van der Waals surface area contributed by atoms with Crippen molar-refractivity contribution in [2.75, 3.05) is 18.6 Å². The molecule has 1 aliphatic rings. The Morgan fingerprint density at radius 1 is 1.14 bits per heavy atom. The smallest absolute Gasteiger partial charge is 0.230 e. The fourth-order valence-electron chi connectivity index (χ4n) is 3.17. The van der Waals surface area contributed by atoms with Gasteiger partial charge in [0.15, 0.2) is 5.16 Å². The van der Waals surface area contributed by atoms with Gasteiger partial charge in [0.2, 0.25) is 5.91 Å². The van der Waals surface area contributed by atoms with Crippen LogP contribution in [0.3, 0.4) is 0 Å². The van der Waals surface area contributed by atoms with Crippen LogP contribution < -0.4 is 10.1 Å². The average Bonchev–Trinajstić information content (AvgIpc) is 3.19. The Morgan fingerprint density at radius 3 is 2.66 bits per heavy atom. The topological polar surface area (TPSA) is 64.1 Å². The summed E-state index contributed by atoms with van der Waals surface area (Å²) < 4.78 is 6.00. The van der Waals surface area contributed by atoms with Gasteiger partial charge in [-0.1, -0.05) is 30.0 Å². The molecule has 0 spiro atoms. The predicted molar refractivity (Wildman–Crippen MR) is 118 cm³/mol. The molecule has 3 aromatic rings. The lowest BCUT2D eigenvalue weighted by Crippen LogP contribution is -2.35. The first kappa shape index (κ1) is 19.8. The van der Waals surface area contributed by atoms with Crippen molar-refractivity contribution in [3.8, 4) is 16.9 Å². The van der Waals surface area contributed by atoms with E-state index in [4.69, 9.17) is 4.74 Å². The molecule has 0 unspecified atom stereocenters. The Balaban J connectivity index is 1.30. The first-order chi connectivity index (χ1) is 14.2. The highest BCUT2D eigenvalue weighted by Crippen LogP contribution is 2.33. The Kier molecular flexibility index (Phi) is 6.36. The van der Waals surface area contributed by atoms with Crippen molar-refractivity contribution >= 4 is 29.4 Å². The van der Waals surface area contributed by atoms with E-state index in [9.17, 15) is 4.79 Å². The highest BCUT2D eigenvalue weighted by atomic mass is 32.2. The van der Waals surface area contributed by atoms with Gasteiger partial charge >= 0.3 is 0 Å². The number of ether oxygens (including phenoxy) is 1. The van der Waals surface area contributed by atoms with Crippen LogP contribution in [0.25, 0.3) is 11.1 Å². The molecule has 0 saturated carbocycles. The van der Waals surface area contributed by atoms with Crippen molar-refractivity contribution in [3.63, 3.8) is 0 Å². The van der Waals surface area contributed by atoms with Crippen molar-refractivity contribution in [1.29, 1.82) is 0 Å². The highest BCUT2D eigenvalue weighted by Gasteiger charge is 2.23. The minimum atomic E-state index is -0.0448. The van der Waals surface area contributed by atoms with Crippen LogP contribution in [-0.2, 0) is 11.2 Å². The molecule has 0 fully saturated rings. The summed E-state index contributed by atoms with van der Waals surface area (Å²) >= 11 is 3.06. The summed E-state index contributed by atoms with van der Waals surface area (Å²) in [5, 5.41) is 3.55. The third-order valence-electron chi connectivity index (χ3n) is 4.63. The Hall–Kier alpha value is -2.51. The first-order valence-electron chi connectivity index (χ1n) is 9.32. The van der Waals surface area contributed by atoms with Gasteiger partial charge in [0.1, 0.15) is 11.9 Å². The van der Waals surface area contributed by atoms with Gasteiger partial charge in [-0.25, -0.2) is 9.97 Å². The largest absolute Gasteiger partial charge is 0.488 e. The van der Waals surface area contributed by atoms with Crippen molar-refractivity contribution in [1.82, 2.24) is 15.3 Å². The van der Waals surface area contributed by atoms with Gasteiger partial charge in [0.25, 0.3) is 0 Å². The third kappa shape index (κ3) is 5.10.